The van der Waals surface area contributed by atoms with Crippen LogP contribution in [0, 0.1) is 6.92 Å². The van der Waals surface area contributed by atoms with E-state index in [1.165, 1.54) is 0 Å². The molecule has 1 aliphatic rings. The Kier molecular flexibility index (Phi) is 4.85. The van der Waals surface area contributed by atoms with Crippen molar-refractivity contribution in [3.8, 4) is 5.69 Å². The van der Waals surface area contributed by atoms with E-state index < -0.39 is 11.5 Å². The van der Waals surface area contributed by atoms with Crippen molar-refractivity contribution < 1.29 is 14.7 Å². The number of amides is 1. The van der Waals surface area contributed by atoms with Crippen LogP contribution in [0.5, 0.6) is 0 Å². The van der Waals surface area contributed by atoms with E-state index in [1.807, 2.05) is 47.9 Å². The van der Waals surface area contributed by atoms with Crippen molar-refractivity contribution in [2.75, 3.05) is 11.5 Å². The number of hydrogen-bond donors (Lipinski definition) is 2. The van der Waals surface area contributed by atoms with Gasteiger partial charge in [0.05, 0.1) is 11.0 Å². The summed E-state index contributed by atoms with van der Waals surface area (Å²) in [5.41, 5.74) is 1.85. The van der Waals surface area contributed by atoms with E-state index >= 15 is 0 Å². The number of thioether (sulfide) groups is 1. The second-order valence-electron chi connectivity index (χ2n) is 6.99. The summed E-state index contributed by atoms with van der Waals surface area (Å²) in [5.74, 6) is 0.943. The number of aliphatic carboxylic acids is 1. The van der Waals surface area contributed by atoms with Crippen LogP contribution >= 0.6 is 11.8 Å². The standard InChI is InChI=1S/C21H21N3O3S/c1-14-22-17-13-15(7-8-18(17)24(14)16-5-3-2-4-6-16)19(25)23-21(20(26)27)9-11-28-12-10-21/h2-8,13H,9-12H2,1H3,(H,23,25)(H,26,27). The van der Waals surface area contributed by atoms with E-state index in [2.05, 4.69) is 10.3 Å². The minimum Gasteiger partial charge on any atom is -0.480 e. The highest BCUT2D eigenvalue weighted by Gasteiger charge is 2.41. The molecule has 1 aromatic heterocycles. The number of carbonyl (C=O) groups excluding carboxylic acids is 1. The van der Waals surface area contributed by atoms with Crippen molar-refractivity contribution >= 4 is 34.7 Å². The molecule has 28 heavy (non-hydrogen) atoms. The minimum atomic E-state index is -1.18. The average molecular weight is 395 g/mol. The highest BCUT2D eigenvalue weighted by Crippen LogP contribution is 2.28. The summed E-state index contributed by atoms with van der Waals surface area (Å²) in [4.78, 5) is 29.2. The number of aromatic nitrogens is 2. The lowest BCUT2D eigenvalue weighted by molar-refractivity contribution is -0.144. The lowest BCUT2D eigenvalue weighted by Crippen LogP contribution is -2.56. The summed E-state index contributed by atoms with van der Waals surface area (Å²) in [7, 11) is 0. The van der Waals surface area contributed by atoms with Gasteiger partial charge in [0.1, 0.15) is 11.4 Å². The molecule has 0 unspecified atom stereocenters. The lowest BCUT2D eigenvalue weighted by atomic mass is 9.92. The second kappa shape index (κ2) is 7.31. The second-order valence-corrected chi connectivity index (χ2v) is 8.21. The van der Waals surface area contributed by atoms with E-state index in [0.29, 0.717) is 23.9 Å². The number of aryl methyl sites for hydroxylation is 1. The van der Waals surface area contributed by atoms with Crippen molar-refractivity contribution in [1.29, 1.82) is 0 Å². The zero-order valence-corrected chi connectivity index (χ0v) is 16.3. The molecule has 0 radical (unpaired) electrons. The summed E-state index contributed by atoms with van der Waals surface area (Å²) in [6, 6.07) is 15.2. The first-order valence-corrected chi connectivity index (χ1v) is 10.3. The zero-order valence-electron chi connectivity index (χ0n) is 15.5. The number of carboxylic acids is 1. The van der Waals surface area contributed by atoms with Crippen LogP contribution in [0.3, 0.4) is 0 Å². The molecule has 0 saturated carbocycles. The molecule has 1 fully saturated rings. The molecule has 7 heteroatoms. The summed E-state index contributed by atoms with van der Waals surface area (Å²) in [6.45, 7) is 1.92. The van der Waals surface area contributed by atoms with Gasteiger partial charge in [0.25, 0.3) is 5.91 Å². The van der Waals surface area contributed by atoms with E-state index in [9.17, 15) is 14.7 Å². The molecule has 0 spiro atoms. The summed E-state index contributed by atoms with van der Waals surface area (Å²) in [5, 5.41) is 12.5. The first-order chi connectivity index (χ1) is 13.5. The smallest absolute Gasteiger partial charge is 0.329 e. The van der Waals surface area contributed by atoms with Gasteiger partial charge in [-0.2, -0.15) is 11.8 Å². The number of hydrogen-bond acceptors (Lipinski definition) is 4. The predicted molar refractivity (Wildman–Crippen MR) is 110 cm³/mol. The maximum atomic E-state index is 12.8. The number of benzene rings is 2. The number of nitrogens with zero attached hydrogens (tertiary/aromatic N) is 2. The molecule has 4 rings (SSSR count). The van der Waals surface area contributed by atoms with Gasteiger partial charge in [0.15, 0.2) is 0 Å². The van der Waals surface area contributed by atoms with Gasteiger partial charge in [-0.05, 0) is 61.6 Å². The zero-order chi connectivity index (χ0) is 19.7. The van der Waals surface area contributed by atoms with Crippen LogP contribution in [0.25, 0.3) is 16.7 Å². The van der Waals surface area contributed by atoms with Crippen LogP contribution in [-0.2, 0) is 4.79 Å². The number of fused-ring (bicyclic) bond motifs is 1. The first-order valence-electron chi connectivity index (χ1n) is 9.18. The summed E-state index contributed by atoms with van der Waals surface area (Å²) in [6.07, 6.45) is 0.867. The van der Waals surface area contributed by atoms with Crippen molar-refractivity contribution in [1.82, 2.24) is 14.9 Å². The molecule has 2 aromatic carbocycles. The fourth-order valence-electron chi connectivity index (χ4n) is 3.65. The molecule has 0 bridgehead atoms. The largest absolute Gasteiger partial charge is 0.480 e. The van der Waals surface area contributed by atoms with Gasteiger partial charge in [-0.1, -0.05) is 18.2 Å². The molecule has 0 atom stereocenters. The van der Waals surface area contributed by atoms with Gasteiger partial charge >= 0.3 is 5.97 Å². The third kappa shape index (κ3) is 3.26. The molecule has 144 valence electrons. The molecule has 0 aliphatic carbocycles. The van der Waals surface area contributed by atoms with E-state index in [0.717, 1.165) is 28.5 Å². The Morgan fingerprint density at radius 1 is 1.14 bits per heavy atom. The lowest BCUT2D eigenvalue weighted by Gasteiger charge is -2.33. The van der Waals surface area contributed by atoms with Crippen LogP contribution in [0.15, 0.2) is 48.5 Å². The number of nitrogens with one attached hydrogen (secondary N) is 1. The Morgan fingerprint density at radius 2 is 1.86 bits per heavy atom. The fraction of sp³-hybridized carbons (Fsp3) is 0.286. The topological polar surface area (TPSA) is 84.2 Å². The number of carboxylic acid groups (broad SMARTS) is 1. The van der Waals surface area contributed by atoms with Crippen LogP contribution in [0.1, 0.15) is 29.0 Å². The Hall–Kier alpha value is -2.80. The third-order valence-electron chi connectivity index (χ3n) is 5.21. The van der Waals surface area contributed by atoms with Crippen molar-refractivity contribution in [3.05, 3.63) is 59.9 Å². The van der Waals surface area contributed by atoms with Crippen molar-refractivity contribution in [2.24, 2.45) is 0 Å². The molecular weight excluding hydrogens is 374 g/mol. The number of rotatable bonds is 4. The third-order valence-corrected chi connectivity index (χ3v) is 6.19. The molecule has 1 aliphatic heterocycles. The molecule has 6 nitrogen and oxygen atoms in total. The number of carbonyl (C=O) groups is 2. The highest BCUT2D eigenvalue weighted by molar-refractivity contribution is 7.99. The Morgan fingerprint density at radius 3 is 2.54 bits per heavy atom. The maximum Gasteiger partial charge on any atom is 0.329 e. The van der Waals surface area contributed by atoms with Gasteiger partial charge in [0, 0.05) is 11.3 Å². The van der Waals surface area contributed by atoms with Gasteiger partial charge in [0.2, 0.25) is 0 Å². The number of imidazole rings is 1. The average Bonchev–Trinajstić information content (AvgIpc) is 3.04. The molecule has 1 amide bonds. The van der Waals surface area contributed by atoms with Crippen LogP contribution in [0.4, 0.5) is 0 Å². The Labute approximate surface area is 167 Å². The van der Waals surface area contributed by atoms with Gasteiger partial charge in [-0.25, -0.2) is 9.78 Å². The van der Waals surface area contributed by atoms with E-state index in [4.69, 9.17) is 0 Å². The van der Waals surface area contributed by atoms with Crippen molar-refractivity contribution in [2.45, 2.75) is 25.3 Å². The number of para-hydroxylation sites is 1. The summed E-state index contributed by atoms with van der Waals surface area (Å²) < 4.78 is 2.04. The Balaban J connectivity index is 1.67. The van der Waals surface area contributed by atoms with Crippen LogP contribution in [0.2, 0.25) is 0 Å². The molecule has 3 aromatic rings. The van der Waals surface area contributed by atoms with Crippen molar-refractivity contribution in [3.63, 3.8) is 0 Å². The fourth-order valence-corrected chi connectivity index (χ4v) is 4.84. The van der Waals surface area contributed by atoms with Gasteiger partial charge in [-0.15, -0.1) is 0 Å². The normalized spacial score (nSPS) is 16.0. The van der Waals surface area contributed by atoms with Gasteiger partial charge < -0.3 is 10.4 Å². The quantitative estimate of drug-likeness (QED) is 0.707. The SMILES string of the molecule is Cc1nc2cc(C(=O)NC3(C(=O)O)CCSCC3)ccc2n1-c1ccccc1. The minimum absolute atomic E-state index is 0.372. The van der Waals surface area contributed by atoms with Crippen LogP contribution < -0.4 is 5.32 Å². The highest BCUT2D eigenvalue weighted by atomic mass is 32.2. The first kappa shape index (κ1) is 18.6. The summed E-state index contributed by atoms with van der Waals surface area (Å²) >= 11 is 1.71. The molecule has 1 saturated heterocycles. The maximum absolute atomic E-state index is 12.8. The van der Waals surface area contributed by atoms with E-state index in [-0.39, 0.29) is 5.91 Å². The van der Waals surface area contributed by atoms with Gasteiger partial charge in [-0.3, -0.25) is 9.36 Å². The molecule has 2 N–H and O–H groups in total. The Bertz CT molecular complexity index is 1040. The predicted octanol–water partition coefficient (Wildman–Crippen LogP) is 3.41. The van der Waals surface area contributed by atoms with Crippen LogP contribution in [-0.4, -0.2) is 43.6 Å². The molecule has 2 heterocycles. The monoisotopic (exact) mass is 395 g/mol. The molecular formula is C21H21N3O3S. The van der Waals surface area contributed by atoms with E-state index in [1.54, 1.807) is 23.9 Å².